The average molecular weight is 308 g/mol. The highest BCUT2D eigenvalue weighted by Crippen LogP contribution is 2.18. The van der Waals surface area contributed by atoms with Gasteiger partial charge in [-0.05, 0) is 24.6 Å². The number of aryl methyl sites for hydroxylation is 1. The van der Waals surface area contributed by atoms with E-state index in [1.165, 1.54) is 6.20 Å². The molecule has 1 aromatic carbocycles. The van der Waals surface area contributed by atoms with E-state index < -0.39 is 10.0 Å². The third-order valence-electron chi connectivity index (χ3n) is 2.92. The molecular weight excluding hydrogens is 288 g/mol. The van der Waals surface area contributed by atoms with Crippen molar-refractivity contribution < 1.29 is 8.42 Å². The van der Waals surface area contributed by atoms with Gasteiger partial charge in [0.15, 0.2) is 5.03 Å². The zero-order chi connectivity index (χ0) is 15.5. The second-order valence-corrected chi connectivity index (χ2v) is 6.85. The number of benzene rings is 1. The van der Waals surface area contributed by atoms with Crippen LogP contribution >= 0.6 is 0 Å². The first kappa shape index (κ1) is 15.5. The highest BCUT2D eigenvalue weighted by molar-refractivity contribution is 7.92. The van der Waals surface area contributed by atoms with Gasteiger partial charge in [0.1, 0.15) is 0 Å². The van der Waals surface area contributed by atoms with Crippen molar-refractivity contribution in [2.24, 2.45) is 0 Å². The van der Waals surface area contributed by atoms with Crippen LogP contribution in [-0.4, -0.2) is 24.7 Å². The van der Waals surface area contributed by atoms with Gasteiger partial charge >= 0.3 is 0 Å². The predicted octanol–water partition coefficient (Wildman–Crippen LogP) is 2.02. The summed E-state index contributed by atoms with van der Waals surface area (Å²) in [7, 11) is -3.67. The van der Waals surface area contributed by atoms with Crippen molar-refractivity contribution in [1.82, 2.24) is 15.5 Å². The first-order chi connectivity index (χ1) is 9.88. The Morgan fingerprint density at radius 2 is 2.10 bits per heavy atom. The number of nitrogens with one attached hydrogen (secondary N) is 3. The van der Waals surface area contributed by atoms with E-state index in [1.807, 2.05) is 26.8 Å². The second-order valence-electron chi connectivity index (χ2n) is 5.23. The maximum Gasteiger partial charge on any atom is 0.279 e. The van der Waals surface area contributed by atoms with E-state index in [1.54, 1.807) is 18.2 Å². The molecule has 0 saturated carbocycles. The van der Waals surface area contributed by atoms with Gasteiger partial charge in [-0.25, -0.2) is 0 Å². The Morgan fingerprint density at radius 1 is 1.33 bits per heavy atom. The molecule has 0 aliphatic rings. The third-order valence-corrected chi connectivity index (χ3v) is 4.31. The van der Waals surface area contributed by atoms with Crippen LogP contribution in [0.2, 0.25) is 0 Å². The number of aromatic amines is 1. The lowest BCUT2D eigenvalue weighted by Gasteiger charge is -2.10. The van der Waals surface area contributed by atoms with Crippen LogP contribution in [-0.2, 0) is 16.6 Å². The van der Waals surface area contributed by atoms with Crippen molar-refractivity contribution in [3.8, 4) is 0 Å². The Hall–Kier alpha value is -1.86. The molecule has 114 valence electrons. The Morgan fingerprint density at radius 3 is 2.76 bits per heavy atom. The number of nitrogens with zero attached hydrogens (tertiary/aromatic N) is 1. The summed E-state index contributed by atoms with van der Waals surface area (Å²) in [5.41, 5.74) is 2.14. The van der Waals surface area contributed by atoms with Crippen molar-refractivity contribution in [2.75, 3.05) is 4.72 Å². The molecule has 0 amide bonds. The number of hydrogen-bond acceptors (Lipinski definition) is 4. The number of H-pyrrole nitrogens is 1. The normalized spacial score (nSPS) is 11.8. The molecule has 0 fully saturated rings. The van der Waals surface area contributed by atoms with Crippen molar-refractivity contribution in [2.45, 2.75) is 38.4 Å². The third kappa shape index (κ3) is 4.05. The average Bonchev–Trinajstić information content (AvgIpc) is 2.85. The lowest BCUT2D eigenvalue weighted by atomic mass is 10.2. The summed E-state index contributed by atoms with van der Waals surface area (Å²) in [6, 6.07) is 7.47. The molecule has 1 aromatic heterocycles. The Labute approximate surface area is 125 Å². The minimum atomic E-state index is -3.67. The van der Waals surface area contributed by atoms with E-state index in [0.717, 1.165) is 5.56 Å². The molecule has 0 aliphatic heterocycles. The van der Waals surface area contributed by atoms with E-state index in [-0.39, 0.29) is 11.1 Å². The van der Waals surface area contributed by atoms with Crippen LogP contribution in [0.15, 0.2) is 35.5 Å². The standard InChI is InChI=1S/C14H20N4O2S/c1-10(2)15-8-12-9-16-17-14(12)21(19,20)18-13-6-4-5-11(3)7-13/h4-7,9-10,15,18H,8H2,1-3H3,(H,16,17). The van der Waals surface area contributed by atoms with Crippen molar-refractivity contribution in [3.63, 3.8) is 0 Å². The number of hydrogen-bond donors (Lipinski definition) is 3. The van der Waals surface area contributed by atoms with Gasteiger partial charge in [0, 0.05) is 23.8 Å². The highest BCUT2D eigenvalue weighted by Gasteiger charge is 2.21. The molecule has 0 saturated heterocycles. The molecule has 3 N–H and O–H groups in total. The van der Waals surface area contributed by atoms with Gasteiger partial charge in [-0.1, -0.05) is 26.0 Å². The SMILES string of the molecule is Cc1cccc(NS(=O)(=O)c2[nH]ncc2CNC(C)C)c1. The molecule has 7 heteroatoms. The molecule has 2 rings (SSSR count). The first-order valence-electron chi connectivity index (χ1n) is 6.73. The summed E-state index contributed by atoms with van der Waals surface area (Å²) in [5, 5.41) is 9.68. The Balaban J connectivity index is 2.22. The van der Waals surface area contributed by atoms with E-state index >= 15 is 0 Å². The topological polar surface area (TPSA) is 86.9 Å². The Bertz CT molecular complexity index is 707. The monoisotopic (exact) mass is 308 g/mol. The minimum Gasteiger partial charge on any atom is -0.310 e. The zero-order valence-electron chi connectivity index (χ0n) is 12.3. The maximum absolute atomic E-state index is 12.4. The van der Waals surface area contributed by atoms with Crippen LogP contribution in [0.4, 0.5) is 5.69 Å². The summed E-state index contributed by atoms with van der Waals surface area (Å²) in [6.45, 7) is 6.35. The lowest BCUT2D eigenvalue weighted by molar-refractivity contribution is 0.574. The molecule has 0 spiro atoms. The molecule has 2 aromatic rings. The van der Waals surface area contributed by atoms with Crippen molar-refractivity contribution in [1.29, 1.82) is 0 Å². The van der Waals surface area contributed by atoms with Crippen LogP contribution in [0, 0.1) is 6.92 Å². The molecule has 21 heavy (non-hydrogen) atoms. The van der Waals surface area contributed by atoms with Gasteiger partial charge in [-0.15, -0.1) is 0 Å². The van der Waals surface area contributed by atoms with Gasteiger partial charge in [-0.3, -0.25) is 9.82 Å². The molecule has 0 bridgehead atoms. The van der Waals surface area contributed by atoms with Gasteiger partial charge < -0.3 is 5.32 Å². The molecule has 0 aliphatic carbocycles. The van der Waals surface area contributed by atoms with Gasteiger partial charge in [-0.2, -0.15) is 13.5 Å². The van der Waals surface area contributed by atoms with E-state index in [0.29, 0.717) is 17.8 Å². The summed E-state index contributed by atoms with van der Waals surface area (Å²) < 4.78 is 27.4. The lowest BCUT2D eigenvalue weighted by Crippen LogP contribution is -2.23. The van der Waals surface area contributed by atoms with Gasteiger partial charge in [0.25, 0.3) is 10.0 Å². The maximum atomic E-state index is 12.4. The molecule has 0 unspecified atom stereocenters. The molecule has 1 heterocycles. The predicted molar refractivity (Wildman–Crippen MR) is 82.6 cm³/mol. The Kier molecular flexibility index (Phi) is 4.64. The van der Waals surface area contributed by atoms with Crippen LogP contribution in [0.1, 0.15) is 25.0 Å². The smallest absolute Gasteiger partial charge is 0.279 e. The molecular formula is C14H20N4O2S. The first-order valence-corrected chi connectivity index (χ1v) is 8.22. The van der Waals surface area contributed by atoms with Crippen LogP contribution in [0.25, 0.3) is 0 Å². The number of sulfonamides is 1. The largest absolute Gasteiger partial charge is 0.310 e. The molecule has 0 atom stereocenters. The summed E-state index contributed by atoms with van der Waals surface area (Å²) in [6.07, 6.45) is 1.53. The van der Waals surface area contributed by atoms with Gasteiger partial charge in [0.2, 0.25) is 0 Å². The summed E-state index contributed by atoms with van der Waals surface area (Å²) >= 11 is 0. The quantitative estimate of drug-likeness (QED) is 0.762. The van der Waals surface area contributed by atoms with Crippen molar-refractivity contribution in [3.05, 3.63) is 41.6 Å². The van der Waals surface area contributed by atoms with Crippen molar-refractivity contribution >= 4 is 15.7 Å². The minimum absolute atomic E-state index is 0.0946. The molecule has 6 nitrogen and oxygen atoms in total. The van der Waals surface area contributed by atoms with E-state index in [2.05, 4.69) is 20.2 Å². The fourth-order valence-corrected chi connectivity index (χ4v) is 3.07. The molecule has 0 radical (unpaired) electrons. The van der Waals surface area contributed by atoms with E-state index in [4.69, 9.17) is 0 Å². The second kappa shape index (κ2) is 6.28. The number of rotatable bonds is 6. The fourth-order valence-electron chi connectivity index (χ4n) is 1.89. The number of aromatic nitrogens is 2. The van der Waals surface area contributed by atoms with Crippen LogP contribution < -0.4 is 10.0 Å². The van der Waals surface area contributed by atoms with Gasteiger partial charge in [0.05, 0.1) is 6.20 Å². The summed E-state index contributed by atoms with van der Waals surface area (Å²) in [4.78, 5) is 0. The highest BCUT2D eigenvalue weighted by atomic mass is 32.2. The van der Waals surface area contributed by atoms with E-state index in [9.17, 15) is 8.42 Å². The number of anilines is 1. The zero-order valence-corrected chi connectivity index (χ0v) is 13.2. The fraction of sp³-hybridized carbons (Fsp3) is 0.357. The van der Waals surface area contributed by atoms with Crippen LogP contribution in [0.5, 0.6) is 0 Å². The van der Waals surface area contributed by atoms with Crippen LogP contribution in [0.3, 0.4) is 0 Å². The summed E-state index contributed by atoms with van der Waals surface area (Å²) in [5.74, 6) is 0.